The van der Waals surface area contributed by atoms with E-state index in [-0.39, 0.29) is 0 Å². The second kappa shape index (κ2) is 6.79. The van der Waals surface area contributed by atoms with Crippen molar-refractivity contribution in [3.8, 4) is 0 Å². The first kappa shape index (κ1) is 16.3. The zero-order valence-corrected chi connectivity index (χ0v) is 13.5. The number of esters is 1. The number of hydrogen-bond donors (Lipinski definition) is 0. The Hall–Kier alpha value is -2.08. The Bertz CT molecular complexity index is 636. The number of rotatable bonds is 4. The number of amides is 2. The highest BCUT2D eigenvalue weighted by molar-refractivity contribution is 8.18. The molecule has 116 valence electrons. The van der Waals surface area contributed by atoms with Gasteiger partial charge in [-0.05, 0) is 42.3 Å². The van der Waals surface area contributed by atoms with E-state index in [1.165, 1.54) is 19.6 Å². The molecule has 1 aliphatic rings. The molecule has 1 heterocycles. The van der Waals surface area contributed by atoms with E-state index in [0.717, 1.165) is 28.6 Å². The summed E-state index contributed by atoms with van der Waals surface area (Å²) in [6.45, 7) is 3.54. The van der Waals surface area contributed by atoms with Crippen LogP contribution in [0.1, 0.15) is 25.0 Å². The predicted octanol–water partition coefficient (Wildman–Crippen LogP) is 2.85. The summed E-state index contributed by atoms with van der Waals surface area (Å²) in [6, 6.07) is 6.83. The quantitative estimate of drug-likeness (QED) is 0.631. The topological polar surface area (TPSA) is 63.7 Å². The second-order valence-corrected chi connectivity index (χ2v) is 5.84. The number of benzene rings is 1. The molecule has 0 spiro atoms. The molecule has 1 saturated heterocycles. The number of nitrogens with zero attached hydrogens (tertiary/aromatic N) is 1. The molecule has 0 saturated carbocycles. The van der Waals surface area contributed by atoms with E-state index in [1.807, 2.05) is 24.3 Å². The van der Waals surface area contributed by atoms with E-state index in [9.17, 15) is 14.4 Å². The highest BCUT2D eigenvalue weighted by atomic mass is 32.2. The monoisotopic (exact) mass is 319 g/mol. The highest BCUT2D eigenvalue weighted by Gasteiger charge is 2.41. The summed E-state index contributed by atoms with van der Waals surface area (Å²) < 4.78 is 4.59. The zero-order chi connectivity index (χ0) is 16.3. The van der Waals surface area contributed by atoms with Gasteiger partial charge in [-0.25, -0.2) is 4.79 Å². The second-order valence-electron chi connectivity index (χ2n) is 4.85. The molecule has 1 aromatic rings. The number of carbonyl (C=O) groups excluding carboxylic acids is 3. The van der Waals surface area contributed by atoms with Crippen LogP contribution in [-0.2, 0) is 20.7 Å². The molecule has 0 radical (unpaired) electrons. The summed E-state index contributed by atoms with van der Waals surface area (Å²) in [6.07, 6.45) is 2.60. The predicted molar refractivity (Wildman–Crippen MR) is 85.1 cm³/mol. The van der Waals surface area contributed by atoms with Gasteiger partial charge in [0, 0.05) is 0 Å². The molecule has 0 N–H and O–H groups in total. The maximum absolute atomic E-state index is 12.3. The first-order valence-electron chi connectivity index (χ1n) is 6.91. The Morgan fingerprint density at radius 3 is 2.50 bits per heavy atom. The number of hydrogen-bond acceptors (Lipinski definition) is 5. The van der Waals surface area contributed by atoms with E-state index in [0.29, 0.717) is 4.91 Å². The van der Waals surface area contributed by atoms with Crippen molar-refractivity contribution >= 4 is 35.0 Å². The van der Waals surface area contributed by atoms with Crippen molar-refractivity contribution in [1.29, 1.82) is 0 Å². The van der Waals surface area contributed by atoms with Crippen molar-refractivity contribution in [2.45, 2.75) is 26.3 Å². The van der Waals surface area contributed by atoms with Crippen molar-refractivity contribution in [3.05, 3.63) is 40.3 Å². The average Bonchev–Trinajstić information content (AvgIpc) is 2.80. The van der Waals surface area contributed by atoms with Crippen LogP contribution in [0.15, 0.2) is 29.2 Å². The van der Waals surface area contributed by atoms with Gasteiger partial charge < -0.3 is 4.74 Å². The van der Waals surface area contributed by atoms with Crippen LogP contribution in [0.5, 0.6) is 0 Å². The first-order valence-corrected chi connectivity index (χ1v) is 7.73. The van der Waals surface area contributed by atoms with E-state index in [1.54, 1.807) is 6.08 Å². The zero-order valence-electron chi connectivity index (χ0n) is 12.7. The Morgan fingerprint density at radius 1 is 1.32 bits per heavy atom. The van der Waals surface area contributed by atoms with Crippen LogP contribution >= 0.6 is 11.8 Å². The van der Waals surface area contributed by atoms with Crippen molar-refractivity contribution in [3.63, 3.8) is 0 Å². The minimum Gasteiger partial charge on any atom is -0.467 e. The summed E-state index contributed by atoms with van der Waals surface area (Å²) in [5.41, 5.74) is 2.04. The van der Waals surface area contributed by atoms with Gasteiger partial charge in [-0.2, -0.15) is 0 Å². The molecular weight excluding hydrogens is 302 g/mol. The molecule has 1 fully saturated rings. The van der Waals surface area contributed by atoms with Gasteiger partial charge >= 0.3 is 5.97 Å². The Labute approximate surface area is 133 Å². The van der Waals surface area contributed by atoms with E-state index in [2.05, 4.69) is 11.7 Å². The Kier molecular flexibility index (Phi) is 5.03. The minimum atomic E-state index is -0.925. The van der Waals surface area contributed by atoms with Crippen molar-refractivity contribution < 1.29 is 19.1 Å². The Morgan fingerprint density at radius 2 is 1.95 bits per heavy atom. The molecule has 2 amide bonds. The van der Waals surface area contributed by atoms with E-state index >= 15 is 0 Å². The maximum atomic E-state index is 12.3. The normalized spacial score (nSPS) is 18.0. The lowest BCUT2D eigenvalue weighted by atomic mass is 10.1. The van der Waals surface area contributed by atoms with Gasteiger partial charge in [0.1, 0.15) is 6.04 Å². The van der Waals surface area contributed by atoms with Crippen molar-refractivity contribution in [1.82, 2.24) is 4.90 Å². The third kappa shape index (κ3) is 3.22. The van der Waals surface area contributed by atoms with Gasteiger partial charge in [0.15, 0.2) is 0 Å². The van der Waals surface area contributed by atoms with Gasteiger partial charge in [0.2, 0.25) is 0 Å². The number of thioether (sulfide) groups is 1. The molecule has 6 heteroatoms. The lowest BCUT2D eigenvalue weighted by Gasteiger charge is -2.18. The molecule has 22 heavy (non-hydrogen) atoms. The van der Waals surface area contributed by atoms with Crippen molar-refractivity contribution in [2.75, 3.05) is 7.11 Å². The minimum absolute atomic E-state index is 0.310. The summed E-state index contributed by atoms with van der Waals surface area (Å²) in [5, 5.41) is -0.459. The van der Waals surface area contributed by atoms with Crippen LogP contribution < -0.4 is 0 Å². The fourth-order valence-corrected chi connectivity index (χ4v) is 3.00. The fourth-order valence-electron chi connectivity index (χ4n) is 2.09. The number of aryl methyl sites for hydroxylation is 1. The average molecular weight is 319 g/mol. The van der Waals surface area contributed by atoms with Crippen LogP contribution in [0, 0.1) is 0 Å². The summed E-state index contributed by atoms with van der Waals surface area (Å²) in [7, 11) is 1.23. The number of methoxy groups -OCH3 is 1. The molecule has 1 atom stereocenters. The molecule has 0 aromatic heterocycles. The summed E-state index contributed by atoms with van der Waals surface area (Å²) in [5.74, 6) is -1.08. The molecule has 0 unspecified atom stereocenters. The third-order valence-electron chi connectivity index (χ3n) is 3.44. The fraction of sp³-hybridized carbons (Fsp3) is 0.312. The molecule has 2 rings (SSSR count). The largest absolute Gasteiger partial charge is 0.467 e. The van der Waals surface area contributed by atoms with Gasteiger partial charge in [0.05, 0.1) is 12.0 Å². The smallest absolute Gasteiger partial charge is 0.328 e. The summed E-state index contributed by atoms with van der Waals surface area (Å²) >= 11 is 0.834. The number of carbonyl (C=O) groups is 3. The molecule has 0 aliphatic carbocycles. The maximum Gasteiger partial charge on any atom is 0.328 e. The number of imide groups is 1. The number of ether oxygens (including phenoxy) is 1. The van der Waals surface area contributed by atoms with Crippen LogP contribution in [0.3, 0.4) is 0 Å². The van der Waals surface area contributed by atoms with Gasteiger partial charge in [-0.3, -0.25) is 14.5 Å². The molecule has 5 nitrogen and oxygen atoms in total. The third-order valence-corrected chi connectivity index (χ3v) is 4.32. The molecule has 1 aliphatic heterocycles. The highest BCUT2D eigenvalue weighted by Crippen LogP contribution is 2.33. The van der Waals surface area contributed by atoms with Crippen LogP contribution in [0.4, 0.5) is 4.79 Å². The SMILES string of the molecule is CCc1ccc(/C=C2/SC(=O)N([C@@H](C)C(=O)OC)C2=O)cc1. The standard InChI is InChI=1S/C16H17NO4S/c1-4-11-5-7-12(8-6-11)9-13-14(18)17(16(20)22-13)10(2)15(19)21-3/h5-10H,4H2,1-3H3/b13-9+/t10-/m0/s1. The van der Waals surface area contributed by atoms with Gasteiger partial charge in [0.25, 0.3) is 11.1 Å². The Balaban J connectivity index is 2.23. The summed E-state index contributed by atoms with van der Waals surface area (Å²) in [4.78, 5) is 37.1. The van der Waals surface area contributed by atoms with Crippen LogP contribution in [0.25, 0.3) is 6.08 Å². The molecular formula is C16H17NO4S. The molecule has 1 aromatic carbocycles. The first-order chi connectivity index (χ1) is 10.5. The van der Waals surface area contributed by atoms with Crippen LogP contribution in [0.2, 0.25) is 0 Å². The van der Waals surface area contributed by atoms with E-state index < -0.39 is 23.2 Å². The van der Waals surface area contributed by atoms with Gasteiger partial charge in [-0.15, -0.1) is 0 Å². The van der Waals surface area contributed by atoms with Crippen LogP contribution in [-0.4, -0.2) is 35.2 Å². The lowest BCUT2D eigenvalue weighted by Crippen LogP contribution is -2.42. The van der Waals surface area contributed by atoms with E-state index in [4.69, 9.17) is 0 Å². The molecule has 0 bridgehead atoms. The lowest BCUT2D eigenvalue weighted by molar-refractivity contribution is -0.148. The van der Waals surface area contributed by atoms with Crippen molar-refractivity contribution in [2.24, 2.45) is 0 Å². The van der Waals surface area contributed by atoms with Gasteiger partial charge in [-0.1, -0.05) is 31.2 Å².